The number of carboxylic acid groups (broad SMARTS) is 1. The molecule has 4 nitrogen and oxygen atoms in total. The standard InChI is InChI=1S/C8H14N2O2.ClH/c9-7-2-1-3-8(4-7,5-7)10-6(11)12;/h10H,1-5,9H2,(H,11,12);1H. The highest BCUT2D eigenvalue weighted by atomic mass is 35.5. The summed E-state index contributed by atoms with van der Waals surface area (Å²) in [5.74, 6) is 0. The Balaban J connectivity index is 0.000000845. The Labute approximate surface area is 83.3 Å². The van der Waals surface area contributed by atoms with Gasteiger partial charge in [-0.2, -0.15) is 0 Å². The molecule has 76 valence electrons. The summed E-state index contributed by atoms with van der Waals surface area (Å²) in [4.78, 5) is 10.4. The second-order valence-electron chi connectivity index (χ2n) is 4.28. The van der Waals surface area contributed by atoms with Crippen LogP contribution in [0.2, 0.25) is 0 Å². The van der Waals surface area contributed by atoms with Crippen LogP contribution in [-0.2, 0) is 0 Å². The van der Waals surface area contributed by atoms with Gasteiger partial charge in [0.15, 0.2) is 0 Å². The molecule has 0 atom stereocenters. The van der Waals surface area contributed by atoms with Gasteiger partial charge >= 0.3 is 6.09 Å². The average molecular weight is 207 g/mol. The highest BCUT2D eigenvalue weighted by Crippen LogP contribution is 2.50. The number of rotatable bonds is 1. The zero-order chi connectivity index (χ0) is 8.82. The molecule has 0 aromatic heterocycles. The molecule has 3 fully saturated rings. The van der Waals surface area contributed by atoms with E-state index >= 15 is 0 Å². The molecule has 13 heavy (non-hydrogen) atoms. The van der Waals surface area contributed by atoms with E-state index in [-0.39, 0.29) is 23.5 Å². The number of amides is 1. The summed E-state index contributed by atoms with van der Waals surface area (Å²) in [5, 5.41) is 11.2. The van der Waals surface area contributed by atoms with E-state index in [1.807, 2.05) is 0 Å². The van der Waals surface area contributed by atoms with E-state index < -0.39 is 6.09 Å². The number of halogens is 1. The van der Waals surface area contributed by atoms with E-state index in [0.29, 0.717) is 0 Å². The fourth-order valence-corrected chi connectivity index (χ4v) is 2.81. The molecule has 4 N–H and O–H groups in total. The van der Waals surface area contributed by atoms with Gasteiger partial charge in [0.1, 0.15) is 0 Å². The fourth-order valence-electron chi connectivity index (χ4n) is 2.81. The Bertz CT molecular complexity index is 226. The molecule has 1 amide bonds. The minimum atomic E-state index is -0.918. The van der Waals surface area contributed by atoms with Crippen molar-refractivity contribution in [1.29, 1.82) is 0 Å². The summed E-state index contributed by atoms with van der Waals surface area (Å²) >= 11 is 0. The van der Waals surface area contributed by atoms with Crippen molar-refractivity contribution in [2.75, 3.05) is 0 Å². The minimum Gasteiger partial charge on any atom is -0.465 e. The van der Waals surface area contributed by atoms with Crippen LogP contribution < -0.4 is 11.1 Å². The van der Waals surface area contributed by atoms with Gasteiger partial charge in [0, 0.05) is 11.1 Å². The van der Waals surface area contributed by atoms with Crippen LogP contribution in [0.3, 0.4) is 0 Å². The van der Waals surface area contributed by atoms with E-state index in [1.165, 1.54) is 0 Å². The Morgan fingerprint density at radius 1 is 1.38 bits per heavy atom. The molecular weight excluding hydrogens is 192 g/mol. The number of hydrogen-bond acceptors (Lipinski definition) is 2. The normalized spacial score (nSPS) is 41.3. The van der Waals surface area contributed by atoms with Gasteiger partial charge in [0.2, 0.25) is 0 Å². The van der Waals surface area contributed by atoms with Crippen molar-refractivity contribution in [3.8, 4) is 0 Å². The first kappa shape index (κ1) is 10.6. The van der Waals surface area contributed by atoms with Crippen molar-refractivity contribution in [3.63, 3.8) is 0 Å². The van der Waals surface area contributed by atoms with E-state index in [4.69, 9.17) is 10.8 Å². The fraction of sp³-hybridized carbons (Fsp3) is 0.875. The van der Waals surface area contributed by atoms with Crippen LogP contribution in [0.4, 0.5) is 4.79 Å². The Hall–Kier alpha value is -0.480. The van der Waals surface area contributed by atoms with Gasteiger partial charge in [-0.1, -0.05) is 0 Å². The third-order valence-electron chi connectivity index (χ3n) is 3.08. The topological polar surface area (TPSA) is 75.3 Å². The second-order valence-corrected chi connectivity index (χ2v) is 4.28. The molecular formula is C8H15ClN2O2. The summed E-state index contributed by atoms with van der Waals surface area (Å²) < 4.78 is 0. The monoisotopic (exact) mass is 206 g/mol. The molecule has 0 saturated heterocycles. The zero-order valence-electron chi connectivity index (χ0n) is 7.38. The molecule has 0 unspecified atom stereocenters. The maximum Gasteiger partial charge on any atom is 0.405 e. The van der Waals surface area contributed by atoms with E-state index in [0.717, 1.165) is 32.1 Å². The minimum absolute atomic E-state index is 0. The lowest BCUT2D eigenvalue weighted by Crippen LogP contribution is -2.71. The van der Waals surface area contributed by atoms with Crippen molar-refractivity contribution in [1.82, 2.24) is 5.32 Å². The molecule has 5 heteroatoms. The molecule has 3 aliphatic rings. The molecule has 3 saturated carbocycles. The van der Waals surface area contributed by atoms with Crippen LogP contribution >= 0.6 is 12.4 Å². The van der Waals surface area contributed by atoms with Gasteiger partial charge in [0.25, 0.3) is 0 Å². The van der Waals surface area contributed by atoms with Crippen LogP contribution in [0.5, 0.6) is 0 Å². The number of nitrogens with one attached hydrogen (secondary N) is 1. The molecule has 0 aliphatic heterocycles. The summed E-state index contributed by atoms with van der Waals surface area (Å²) in [6, 6.07) is 0. The van der Waals surface area contributed by atoms with Crippen LogP contribution in [0.25, 0.3) is 0 Å². The van der Waals surface area contributed by atoms with Crippen LogP contribution in [0.15, 0.2) is 0 Å². The Kier molecular flexibility index (Phi) is 2.47. The van der Waals surface area contributed by atoms with Gasteiger partial charge in [-0.3, -0.25) is 0 Å². The largest absolute Gasteiger partial charge is 0.465 e. The molecule has 2 bridgehead atoms. The molecule has 3 aliphatic carbocycles. The van der Waals surface area contributed by atoms with Crippen molar-refractivity contribution < 1.29 is 9.90 Å². The lowest BCUT2D eigenvalue weighted by atomic mass is 9.55. The molecule has 0 aromatic carbocycles. The Morgan fingerprint density at radius 3 is 2.46 bits per heavy atom. The van der Waals surface area contributed by atoms with Crippen molar-refractivity contribution in [3.05, 3.63) is 0 Å². The molecule has 0 aromatic rings. The lowest BCUT2D eigenvalue weighted by molar-refractivity contribution is 0.0184. The van der Waals surface area contributed by atoms with E-state index in [1.54, 1.807) is 0 Å². The first-order chi connectivity index (χ1) is 5.54. The summed E-state index contributed by atoms with van der Waals surface area (Å²) in [7, 11) is 0. The lowest BCUT2D eigenvalue weighted by Gasteiger charge is -2.58. The predicted octanol–water partition coefficient (Wildman–Crippen LogP) is 1.09. The summed E-state index contributed by atoms with van der Waals surface area (Å²) in [5.41, 5.74) is 5.75. The maximum atomic E-state index is 10.4. The van der Waals surface area contributed by atoms with E-state index in [2.05, 4.69) is 5.32 Å². The van der Waals surface area contributed by atoms with Gasteiger partial charge in [0.05, 0.1) is 0 Å². The second kappa shape index (κ2) is 3.03. The number of nitrogens with two attached hydrogens (primary N) is 1. The van der Waals surface area contributed by atoms with Crippen LogP contribution in [0, 0.1) is 0 Å². The zero-order valence-corrected chi connectivity index (χ0v) is 8.19. The van der Waals surface area contributed by atoms with Crippen molar-refractivity contribution in [2.45, 2.75) is 43.2 Å². The first-order valence-corrected chi connectivity index (χ1v) is 4.34. The number of carbonyl (C=O) groups is 1. The maximum absolute atomic E-state index is 10.4. The number of fused-ring (bicyclic) bond motifs is 2. The van der Waals surface area contributed by atoms with Gasteiger partial charge < -0.3 is 16.2 Å². The molecule has 0 spiro atoms. The van der Waals surface area contributed by atoms with Crippen molar-refractivity contribution >= 4 is 18.5 Å². The smallest absolute Gasteiger partial charge is 0.405 e. The SMILES string of the molecule is Cl.NC12CCCC(NC(=O)O)(C1)C2. The van der Waals surface area contributed by atoms with Gasteiger partial charge in [-0.15, -0.1) is 12.4 Å². The Morgan fingerprint density at radius 2 is 2.00 bits per heavy atom. The van der Waals surface area contributed by atoms with E-state index in [9.17, 15) is 4.79 Å². The number of hydrogen-bond donors (Lipinski definition) is 3. The quantitative estimate of drug-likeness (QED) is 0.601. The van der Waals surface area contributed by atoms with Crippen molar-refractivity contribution in [2.24, 2.45) is 5.73 Å². The third kappa shape index (κ3) is 1.74. The molecule has 3 rings (SSSR count). The highest BCUT2D eigenvalue weighted by molar-refractivity contribution is 5.85. The van der Waals surface area contributed by atoms with Crippen LogP contribution in [-0.4, -0.2) is 22.3 Å². The first-order valence-electron chi connectivity index (χ1n) is 4.34. The average Bonchev–Trinajstić information content (AvgIpc) is 1.81. The highest BCUT2D eigenvalue weighted by Gasteiger charge is 2.55. The van der Waals surface area contributed by atoms with Crippen LogP contribution in [0.1, 0.15) is 32.1 Å². The van der Waals surface area contributed by atoms with Gasteiger partial charge in [-0.05, 0) is 32.1 Å². The van der Waals surface area contributed by atoms with Gasteiger partial charge in [-0.25, -0.2) is 4.79 Å². The third-order valence-corrected chi connectivity index (χ3v) is 3.08. The summed E-state index contributed by atoms with van der Waals surface area (Å²) in [6.07, 6.45) is 3.79. The molecule has 0 radical (unpaired) electrons. The molecule has 0 heterocycles. The summed E-state index contributed by atoms with van der Waals surface area (Å²) in [6.45, 7) is 0. The predicted molar refractivity (Wildman–Crippen MR) is 51.1 cm³/mol.